The van der Waals surface area contributed by atoms with Crippen LogP contribution in [-0.4, -0.2) is 13.2 Å². The van der Waals surface area contributed by atoms with Crippen LogP contribution in [0.3, 0.4) is 0 Å². The van der Waals surface area contributed by atoms with E-state index in [-0.39, 0.29) is 5.02 Å². The van der Waals surface area contributed by atoms with Crippen molar-refractivity contribution < 1.29 is 13.9 Å². The summed E-state index contributed by atoms with van der Waals surface area (Å²) in [5, 5.41) is 0.0812. The van der Waals surface area contributed by atoms with E-state index < -0.39 is 5.82 Å². The minimum atomic E-state index is -0.493. The molecule has 0 aliphatic carbocycles. The lowest BCUT2D eigenvalue weighted by Crippen LogP contribution is -2.09. The van der Waals surface area contributed by atoms with Gasteiger partial charge in [0.2, 0.25) is 0 Å². The molecule has 0 heterocycles. The summed E-state index contributed by atoms with van der Waals surface area (Å²) in [5.41, 5.74) is 0. The predicted molar refractivity (Wildman–Crippen MR) is 76.5 cm³/mol. The summed E-state index contributed by atoms with van der Waals surface area (Å²) >= 11 is 8.93. The normalized spacial score (nSPS) is 10.3. The van der Waals surface area contributed by atoms with Gasteiger partial charge in [0.1, 0.15) is 30.5 Å². The third-order valence-electron chi connectivity index (χ3n) is 2.31. The highest BCUT2D eigenvalue weighted by atomic mass is 79.9. The van der Waals surface area contributed by atoms with Crippen LogP contribution < -0.4 is 9.47 Å². The fraction of sp³-hybridized carbons (Fsp3) is 0.143. The molecule has 0 bridgehead atoms. The van der Waals surface area contributed by atoms with Gasteiger partial charge in [0.15, 0.2) is 0 Å². The first kappa shape index (κ1) is 14.2. The Labute approximate surface area is 124 Å². The number of hydrogen-bond acceptors (Lipinski definition) is 2. The highest BCUT2D eigenvalue weighted by Gasteiger charge is 2.02. The summed E-state index contributed by atoms with van der Waals surface area (Å²) < 4.78 is 24.9. The van der Waals surface area contributed by atoms with Gasteiger partial charge >= 0.3 is 0 Å². The van der Waals surface area contributed by atoms with E-state index in [2.05, 4.69) is 15.9 Å². The molecule has 2 aromatic rings. The number of halogens is 3. The van der Waals surface area contributed by atoms with Gasteiger partial charge in [-0.25, -0.2) is 4.39 Å². The number of benzene rings is 2. The Balaban J connectivity index is 1.79. The van der Waals surface area contributed by atoms with Crippen LogP contribution in [-0.2, 0) is 0 Å². The average Bonchev–Trinajstić information content (AvgIpc) is 2.39. The van der Waals surface area contributed by atoms with Crippen molar-refractivity contribution in [3.05, 3.63) is 57.8 Å². The van der Waals surface area contributed by atoms with Crippen molar-refractivity contribution in [2.45, 2.75) is 0 Å². The summed E-state index contributed by atoms with van der Waals surface area (Å²) in [4.78, 5) is 0. The molecule has 2 rings (SSSR count). The zero-order valence-corrected chi connectivity index (χ0v) is 12.2. The highest BCUT2D eigenvalue weighted by molar-refractivity contribution is 9.10. The topological polar surface area (TPSA) is 18.5 Å². The third-order valence-corrected chi connectivity index (χ3v) is 3.11. The van der Waals surface area contributed by atoms with E-state index in [1.54, 1.807) is 6.07 Å². The van der Waals surface area contributed by atoms with E-state index in [0.29, 0.717) is 19.0 Å². The second-order valence-corrected chi connectivity index (χ2v) is 5.05. The van der Waals surface area contributed by atoms with E-state index in [4.69, 9.17) is 21.1 Å². The van der Waals surface area contributed by atoms with Crippen molar-refractivity contribution in [2.75, 3.05) is 13.2 Å². The fourth-order valence-corrected chi connectivity index (χ4v) is 1.94. The molecular formula is C14H11BrClFO2. The molecule has 0 unspecified atom stereocenters. The Kier molecular flexibility index (Phi) is 5.05. The van der Waals surface area contributed by atoms with Crippen LogP contribution >= 0.6 is 27.5 Å². The standard InChI is InChI=1S/C14H11BrClFO2/c15-10-2-1-3-11(8-10)18-6-7-19-12-4-5-13(16)14(17)9-12/h1-5,8-9H,6-7H2. The lowest BCUT2D eigenvalue weighted by atomic mass is 10.3. The van der Waals surface area contributed by atoms with E-state index in [1.807, 2.05) is 24.3 Å². The molecule has 0 radical (unpaired) electrons. The Morgan fingerprint density at radius 2 is 1.68 bits per heavy atom. The summed E-state index contributed by atoms with van der Waals surface area (Å²) in [6, 6.07) is 11.8. The van der Waals surface area contributed by atoms with Gasteiger partial charge in [-0.15, -0.1) is 0 Å². The number of rotatable bonds is 5. The molecule has 2 nitrogen and oxygen atoms in total. The van der Waals surface area contributed by atoms with Crippen molar-refractivity contribution in [1.82, 2.24) is 0 Å². The molecule has 0 N–H and O–H groups in total. The van der Waals surface area contributed by atoms with Gasteiger partial charge in [0, 0.05) is 10.5 Å². The van der Waals surface area contributed by atoms with Gasteiger partial charge in [-0.05, 0) is 30.3 Å². The molecule has 0 aromatic heterocycles. The van der Waals surface area contributed by atoms with Gasteiger partial charge < -0.3 is 9.47 Å². The predicted octanol–water partition coefficient (Wildman–Crippen LogP) is 4.70. The van der Waals surface area contributed by atoms with Crippen molar-refractivity contribution in [3.63, 3.8) is 0 Å². The van der Waals surface area contributed by atoms with E-state index in [0.717, 1.165) is 10.2 Å². The molecule has 19 heavy (non-hydrogen) atoms. The maximum Gasteiger partial charge on any atom is 0.145 e. The first-order valence-electron chi connectivity index (χ1n) is 5.61. The number of hydrogen-bond donors (Lipinski definition) is 0. The largest absolute Gasteiger partial charge is 0.490 e. The average molecular weight is 346 g/mol. The van der Waals surface area contributed by atoms with Crippen LogP contribution in [0.25, 0.3) is 0 Å². The molecule has 0 fully saturated rings. The summed E-state index contributed by atoms with van der Waals surface area (Å²) in [5.74, 6) is 0.687. The van der Waals surface area contributed by atoms with Crippen molar-refractivity contribution in [2.24, 2.45) is 0 Å². The molecule has 0 spiro atoms. The molecule has 5 heteroatoms. The first-order valence-corrected chi connectivity index (χ1v) is 6.78. The van der Waals surface area contributed by atoms with Gasteiger partial charge in [-0.2, -0.15) is 0 Å². The molecule has 0 amide bonds. The Morgan fingerprint density at radius 3 is 2.32 bits per heavy atom. The maximum absolute atomic E-state index is 13.1. The van der Waals surface area contributed by atoms with Crippen LogP contribution in [0.4, 0.5) is 4.39 Å². The quantitative estimate of drug-likeness (QED) is 0.731. The van der Waals surface area contributed by atoms with Crippen LogP contribution in [0.1, 0.15) is 0 Å². The monoisotopic (exact) mass is 344 g/mol. The zero-order chi connectivity index (χ0) is 13.7. The minimum absolute atomic E-state index is 0.0812. The summed E-state index contributed by atoms with van der Waals surface area (Å²) in [7, 11) is 0. The maximum atomic E-state index is 13.1. The lowest BCUT2D eigenvalue weighted by Gasteiger charge is -2.09. The zero-order valence-electron chi connectivity index (χ0n) is 9.91. The molecule has 0 aliphatic heterocycles. The fourth-order valence-electron chi connectivity index (χ4n) is 1.44. The van der Waals surface area contributed by atoms with E-state index in [9.17, 15) is 4.39 Å². The smallest absolute Gasteiger partial charge is 0.145 e. The third kappa shape index (κ3) is 4.40. The molecular weight excluding hydrogens is 335 g/mol. The van der Waals surface area contributed by atoms with E-state index in [1.165, 1.54) is 12.1 Å². The summed E-state index contributed by atoms with van der Waals surface area (Å²) in [6.45, 7) is 0.703. The van der Waals surface area contributed by atoms with Crippen molar-refractivity contribution >= 4 is 27.5 Å². The van der Waals surface area contributed by atoms with Crippen molar-refractivity contribution in [3.8, 4) is 11.5 Å². The highest BCUT2D eigenvalue weighted by Crippen LogP contribution is 2.20. The minimum Gasteiger partial charge on any atom is -0.490 e. The molecule has 100 valence electrons. The van der Waals surface area contributed by atoms with Gasteiger partial charge in [0.25, 0.3) is 0 Å². The Hall–Kier alpha value is -1.26. The Morgan fingerprint density at radius 1 is 1.00 bits per heavy atom. The van der Waals surface area contributed by atoms with Crippen LogP contribution in [0.2, 0.25) is 5.02 Å². The van der Waals surface area contributed by atoms with Crippen molar-refractivity contribution in [1.29, 1.82) is 0 Å². The number of ether oxygens (including phenoxy) is 2. The van der Waals surface area contributed by atoms with E-state index >= 15 is 0 Å². The molecule has 0 aliphatic rings. The SMILES string of the molecule is Fc1cc(OCCOc2cccc(Br)c2)ccc1Cl. The second-order valence-electron chi connectivity index (χ2n) is 3.73. The van der Waals surface area contributed by atoms with Gasteiger partial charge in [-0.1, -0.05) is 33.6 Å². The molecule has 0 saturated heterocycles. The van der Waals surface area contributed by atoms with Gasteiger partial charge in [0.05, 0.1) is 5.02 Å². The van der Waals surface area contributed by atoms with Crippen LogP contribution in [0.5, 0.6) is 11.5 Å². The molecule has 0 atom stereocenters. The second kappa shape index (κ2) is 6.78. The first-order chi connectivity index (χ1) is 9.15. The molecule has 0 saturated carbocycles. The lowest BCUT2D eigenvalue weighted by molar-refractivity contribution is 0.216. The van der Waals surface area contributed by atoms with Crippen LogP contribution in [0, 0.1) is 5.82 Å². The van der Waals surface area contributed by atoms with Gasteiger partial charge in [-0.3, -0.25) is 0 Å². The molecule has 2 aromatic carbocycles. The summed E-state index contributed by atoms with van der Waals surface area (Å²) in [6.07, 6.45) is 0. The van der Waals surface area contributed by atoms with Crippen LogP contribution in [0.15, 0.2) is 46.9 Å². The Bertz CT molecular complexity index is 563.